The largest absolute Gasteiger partial charge is 0.338 e. The van der Waals surface area contributed by atoms with Crippen LogP contribution in [0.2, 0.25) is 0 Å². The lowest BCUT2D eigenvalue weighted by atomic mass is 9.68. The second-order valence-corrected chi connectivity index (χ2v) is 18.2. The molecule has 3 aliphatic carbocycles. The Balaban J connectivity index is 0.000000657. The molecule has 0 aromatic heterocycles. The maximum Gasteiger partial charge on any atom is 0.338 e. The topological polar surface area (TPSA) is 104 Å². The molecule has 3 rings (SSSR count). The molecule has 0 spiro atoms. The van der Waals surface area contributed by atoms with Crippen LogP contribution in [0.1, 0.15) is 148 Å². The molecule has 0 saturated carbocycles. The number of carbonyl (C=O) groups is 4. The average Bonchev–Trinajstić information content (AvgIpc) is 2.96. The molecule has 0 aromatic carbocycles. The van der Waals surface area contributed by atoms with E-state index in [1.54, 1.807) is 39.8 Å². The maximum absolute atomic E-state index is 11.6. The molecule has 0 N–H and O–H groups in total. The van der Waals surface area contributed by atoms with Gasteiger partial charge in [-0.15, -0.1) is 0 Å². The van der Waals surface area contributed by atoms with E-state index in [4.69, 9.17) is 9.05 Å². The van der Waals surface area contributed by atoms with E-state index in [9.17, 15) is 23.7 Å². The van der Waals surface area contributed by atoms with Crippen LogP contribution in [-0.4, -0.2) is 43.0 Å². The lowest BCUT2D eigenvalue weighted by Crippen LogP contribution is -2.26. The van der Waals surface area contributed by atoms with Crippen LogP contribution in [0, 0.1) is 22.2 Å². The average molecular weight is 731 g/mol. The van der Waals surface area contributed by atoms with E-state index in [1.807, 2.05) is 6.08 Å². The van der Waals surface area contributed by atoms with Crippen molar-refractivity contribution in [2.45, 2.75) is 148 Å². The molecule has 0 aromatic rings. The summed E-state index contributed by atoms with van der Waals surface area (Å²) in [5.41, 5.74) is 7.19. The quantitative estimate of drug-likeness (QED) is 0.0902. The lowest BCUT2D eigenvalue weighted by Gasteiger charge is -2.36. The molecule has 1 atom stereocenters. The van der Waals surface area contributed by atoms with E-state index in [2.05, 4.69) is 74.5 Å². The molecule has 0 bridgehead atoms. The molecule has 0 amide bonds. The molecule has 8 heteroatoms. The number of allylic oxidation sites excluding steroid dienone is 10. The van der Waals surface area contributed by atoms with Gasteiger partial charge in [0.25, 0.3) is 0 Å². The van der Waals surface area contributed by atoms with Crippen LogP contribution < -0.4 is 0 Å². The van der Waals surface area contributed by atoms with Crippen molar-refractivity contribution in [3.8, 4) is 0 Å². The predicted molar refractivity (Wildman–Crippen MR) is 213 cm³/mol. The van der Waals surface area contributed by atoms with E-state index in [0.717, 1.165) is 24.7 Å². The fraction of sp³-hybridized carbons (Fsp3) is 0.674. The molecule has 0 heterocycles. The maximum atomic E-state index is 11.6. The smallest absolute Gasteiger partial charge is 0.309 e. The third kappa shape index (κ3) is 18.2. The van der Waals surface area contributed by atoms with Crippen LogP contribution in [0.3, 0.4) is 0 Å². The Morgan fingerprint density at radius 3 is 1.61 bits per heavy atom. The Morgan fingerprint density at radius 1 is 0.784 bits per heavy atom. The van der Waals surface area contributed by atoms with Gasteiger partial charge in [0.2, 0.25) is 0 Å². The van der Waals surface area contributed by atoms with Gasteiger partial charge in [0.15, 0.2) is 11.6 Å². The molecule has 7 nitrogen and oxygen atoms in total. The van der Waals surface area contributed by atoms with E-state index in [1.165, 1.54) is 67.7 Å². The molecule has 0 saturated heterocycles. The van der Waals surface area contributed by atoms with Crippen LogP contribution in [0.15, 0.2) is 58.2 Å². The van der Waals surface area contributed by atoms with Gasteiger partial charge in [0.1, 0.15) is 18.2 Å². The highest BCUT2D eigenvalue weighted by Crippen LogP contribution is 2.47. The van der Waals surface area contributed by atoms with Gasteiger partial charge in [-0.05, 0) is 146 Å². The van der Waals surface area contributed by atoms with Gasteiger partial charge < -0.3 is 9.05 Å². The summed E-state index contributed by atoms with van der Waals surface area (Å²) in [6.45, 7) is 28.4. The van der Waals surface area contributed by atoms with Gasteiger partial charge in [-0.1, -0.05) is 76.5 Å². The first-order valence-corrected chi connectivity index (χ1v) is 20.5. The summed E-state index contributed by atoms with van der Waals surface area (Å²) in [6, 6.07) is 0. The van der Waals surface area contributed by atoms with Gasteiger partial charge in [-0.3, -0.25) is 23.7 Å². The van der Waals surface area contributed by atoms with Crippen LogP contribution in [0.25, 0.3) is 0 Å². The number of hydrogen-bond acceptors (Lipinski definition) is 7. The molecule has 290 valence electrons. The number of carbonyl (C=O) groups excluding carboxylic acids is 4. The minimum absolute atomic E-state index is 0.129. The van der Waals surface area contributed by atoms with Crippen LogP contribution in [0.5, 0.6) is 0 Å². The SMILES string of the molecule is CC(=O)/C=C/C1=C(C)CCCC1(C)C.CC(=O)/C=C/C1C(C)=CCCC1(C)C.CC1=C(C=O)C(C)(C)CCC1.CCOP(=O)(CC(C)=O)OCC. The first-order chi connectivity index (χ1) is 23.5. The Bertz CT molecular complexity index is 1370. The van der Waals surface area contributed by atoms with Gasteiger partial charge in [0.05, 0.1) is 13.2 Å². The van der Waals surface area contributed by atoms with Crippen molar-refractivity contribution in [3.05, 3.63) is 58.2 Å². The van der Waals surface area contributed by atoms with E-state index in [-0.39, 0.29) is 34.3 Å². The summed E-state index contributed by atoms with van der Waals surface area (Å²) < 4.78 is 21.3. The highest BCUT2D eigenvalue weighted by atomic mass is 31.2. The zero-order valence-corrected chi connectivity index (χ0v) is 35.5. The van der Waals surface area contributed by atoms with E-state index >= 15 is 0 Å². The third-order valence-electron chi connectivity index (χ3n) is 9.87. The van der Waals surface area contributed by atoms with Crippen molar-refractivity contribution >= 4 is 31.2 Å². The summed E-state index contributed by atoms with van der Waals surface area (Å²) >= 11 is 0. The standard InChI is InChI=1S/2C13H20O.C10H16O.C7H15O4P/c2*1-10-6-5-9-13(3,4)12(10)8-7-11(2)14;1-8-5-4-6-10(2,3)9(8)7-11;1-4-10-12(9,11-5-2)6-7(3)8/h7-8H,5-6,9H2,1-4H3;6-8,12H,5,9H2,1-4H3;7H,4-6H2,1-3H3;4-6H2,1-3H3/b2*8-7+;;. The Hall–Kier alpha value is -2.47. The van der Waals surface area contributed by atoms with Crippen molar-refractivity contribution in [2.75, 3.05) is 19.4 Å². The Kier molecular flexibility index (Phi) is 21.5. The monoisotopic (exact) mass is 730 g/mol. The summed E-state index contributed by atoms with van der Waals surface area (Å²) in [7, 11) is -3.12. The first kappa shape index (κ1) is 48.5. The Labute approximate surface area is 311 Å². The molecule has 0 radical (unpaired) electrons. The minimum Gasteiger partial charge on any atom is -0.309 e. The number of ketones is 3. The number of rotatable bonds is 11. The fourth-order valence-corrected chi connectivity index (χ4v) is 8.71. The van der Waals surface area contributed by atoms with Gasteiger partial charge in [0, 0.05) is 5.92 Å². The van der Waals surface area contributed by atoms with Crippen molar-refractivity contribution in [3.63, 3.8) is 0 Å². The highest BCUT2D eigenvalue weighted by Gasteiger charge is 2.31. The normalized spacial score (nSPS) is 21.0. The second-order valence-electron chi connectivity index (χ2n) is 16.2. The van der Waals surface area contributed by atoms with Crippen LogP contribution in [0.4, 0.5) is 0 Å². The van der Waals surface area contributed by atoms with Crippen molar-refractivity contribution in [1.82, 2.24) is 0 Å². The van der Waals surface area contributed by atoms with Crippen LogP contribution in [-0.2, 0) is 32.8 Å². The molecule has 0 fully saturated rings. The predicted octanol–water partition coefficient (Wildman–Crippen LogP) is 11.7. The molecule has 1 unspecified atom stereocenters. The third-order valence-corrected chi connectivity index (χ3v) is 12.0. The van der Waals surface area contributed by atoms with Crippen molar-refractivity contribution in [1.29, 1.82) is 0 Å². The minimum atomic E-state index is -3.12. The molecule has 3 aliphatic rings. The number of Topliss-reactive ketones (excluding diaryl/α,β-unsaturated/α-hetero) is 1. The zero-order chi connectivity index (χ0) is 39.6. The molecular formula is C43H71O7P. The fourth-order valence-electron chi connectivity index (χ4n) is 7.12. The number of aldehydes is 1. The van der Waals surface area contributed by atoms with Gasteiger partial charge in [-0.25, -0.2) is 0 Å². The van der Waals surface area contributed by atoms with Crippen molar-refractivity contribution < 1.29 is 32.8 Å². The van der Waals surface area contributed by atoms with Gasteiger partial charge in [-0.2, -0.15) is 0 Å². The summed E-state index contributed by atoms with van der Waals surface area (Å²) in [6.07, 6.45) is 20.2. The first-order valence-electron chi connectivity index (χ1n) is 18.8. The number of hydrogen-bond donors (Lipinski definition) is 0. The summed E-state index contributed by atoms with van der Waals surface area (Å²) in [5, 5.41) is 0. The van der Waals surface area contributed by atoms with E-state index in [0.29, 0.717) is 24.5 Å². The molecular weight excluding hydrogens is 659 g/mol. The van der Waals surface area contributed by atoms with E-state index < -0.39 is 7.60 Å². The van der Waals surface area contributed by atoms with Crippen molar-refractivity contribution in [2.24, 2.45) is 22.2 Å². The summed E-state index contributed by atoms with van der Waals surface area (Å²) in [5.74, 6) is 0.520. The van der Waals surface area contributed by atoms with Gasteiger partial charge >= 0.3 is 7.60 Å². The molecule has 0 aliphatic heterocycles. The zero-order valence-electron chi connectivity index (χ0n) is 34.6. The molecule has 51 heavy (non-hydrogen) atoms. The van der Waals surface area contributed by atoms with Crippen LogP contribution >= 0.6 is 7.60 Å². The highest BCUT2D eigenvalue weighted by molar-refractivity contribution is 7.54. The second kappa shape index (κ2) is 22.6. The Morgan fingerprint density at radius 2 is 1.25 bits per heavy atom. The lowest BCUT2D eigenvalue weighted by molar-refractivity contribution is -0.115. The summed E-state index contributed by atoms with van der Waals surface area (Å²) in [4.78, 5) is 43.2.